The van der Waals surface area contributed by atoms with Gasteiger partial charge in [0.25, 0.3) is 5.69 Å². The van der Waals surface area contributed by atoms with Crippen LogP contribution >= 0.6 is 22.6 Å². The van der Waals surface area contributed by atoms with Crippen LogP contribution in [0, 0.1) is 13.7 Å². The highest BCUT2D eigenvalue weighted by Gasteiger charge is 2.26. The van der Waals surface area contributed by atoms with Crippen LogP contribution in [0.15, 0.2) is 18.2 Å². The molecule has 0 spiro atoms. The van der Waals surface area contributed by atoms with Crippen LogP contribution in [0.1, 0.15) is 13.3 Å². The summed E-state index contributed by atoms with van der Waals surface area (Å²) < 4.78 is 6.28. The normalized spacial score (nSPS) is 23.6. The minimum absolute atomic E-state index is 0.0916. The summed E-state index contributed by atoms with van der Waals surface area (Å²) in [4.78, 5) is 10.6. The predicted octanol–water partition coefficient (Wildman–Crippen LogP) is 2.79. The van der Waals surface area contributed by atoms with Crippen LogP contribution < -0.4 is 5.32 Å². The first-order valence-corrected chi connectivity index (χ1v) is 6.48. The number of hydrogen-bond donors (Lipinski definition) is 1. The standard InChI is InChI=1S/C11H13IN2O3/c1-7-9(4-5-17-7)13-10-3-2-8(12)6-11(10)14(15)16/h2-3,6-7,9,13H,4-5H2,1H3. The molecule has 5 nitrogen and oxygen atoms in total. The molecule has 0 saturated carbocycles. The number of nitro groups is 1. The summed E-state index contributed by atoms with van der Waals surface area (Å²) in [6.07, 6.45) is 0.971. The highest BCUT2D eigenvalue weighted by atomic mass is 127. The van der Waals surface area contributed by atoms with E-state index in [4.69, 9.17) is 4.74 Å². The smallest absolute Gasteiger partial charge is 0.293 e. The van der Waals surface area contributed by atoms with Crippen molar-refractivity contribution in [1.29, 1.82) is 0 Å². The molecule has 2 unspecified atom stereocenters. The molecule has 0 aromatic heterocycles. The Morgan fingerprint density at radius 3 is 2.94 bits per heavy atom. The third-order valence-electron chi connectivity index (χ3n) is 2.87. The molecule has 1 aromatic rings. The summed E-state index contributed by atoms with van der Waals surface area (Å²) in [5.41, 5.74) is 0.689. The van der Waals surface area contributed by atoms with E-state index < -0.39 is 0 Å². The number of nitrogens with one attached hydrogen (secondary N) is 1. The van der Waals surface area contributed by atoms with Gasteiger partial charge in [0.15, 0.2) is 0 Å². The molecule has 1 fully saturated rings. The van der Waals surface area contributed by atoms with Gasteiger partial charge in [-0.15, -0.1) is 0 Å². The summed E-state index contributed by atoms with van der Waals surface area (Å²) in [5, 5.41) is 14.2. The molecule has 2 rings (SSSR count). The minimum atomic E-state index is -0.356. The summed E-state index contributed by atoms with van der Waals surface area (Å²) in [7, 11) is 0. The Labute approximate surface area is 113 Å². The van der Waals surface area contributed by atoms with Gasteiger partial charge in [-0.3, -0.25) is 10.1 Å². The number of anilines is 1. The summed E-state index contributed by atoms with van der Waals surface area (Å²) in [6.45, 7) is 2.68. The van der Waals surface area contributed by atoms with Gasteiger partial charge in [0, 0.05) is 16.2 Å². The molecule has 17 heavy (non-hydrogen) atoms. The number of hydrogen-bond acceptors (Lipinski definition) is 4. The van der Waals surface area contributed by atoms with Gasteiger partial charge in [0.1, 0.15) is 5.69 Å². The second-order valence-electron chi connectivity index (χ2n) is 4.03. The first kappa shape index (κ1) is 12.6. The first-order valence-electron chi connectivity index (χ1n) is 5.40. The highest BCUT2D eigenvalue weighted by Crippen LogP contribution is 2.29. The molecule has 0 bridgehead atoms. The summed E-state index contributed by atoms with van der Waals surface area (Å²) in [5.74, 6) is 0. The Morgan fingerprint density at radius 2 is 2.35 bits per heavy atom. The van der Waals surface area contributed by atoms with E-state index in [-0.39, 0.29) is 22.8 Å². The minimum Gasteiger partial charge on any atom is -0.376 e. The zero-order valence-corrected chi connectivity index (χ0v) is 11.5. The van der Waals surface area contributed by atoms with E-state index in [0.717, 1.165) is 9.99 Å². The molecular formula is C11H13IN2O3. The lowest BCUT2D eigenvalue weighted by Crippen LogP contribution is -2.27. The molecule has 6 heteroatoms. The van der Waals surface area contributed by atoms with Gasteiger partial charge in [-0.05, 0) is 48.1 Å². The molecule has 1 aromatic carbocycles. The van der Waals surface area contributed by atoms with Crippen molar-refractivity contribution < 1.29 is 9.66 Å². The summed E-state index contributed by atoms with van der Waals surface area (Å²) >= 11 is 2.07. The zero-order chi connectivity index (χ0) is 12.4. The van der Waals surface area contributed by atoms with Crippen molar-refractivity contribution >= 4 is 34.0 Å². The van der Waals surface area contributed by atoms with E-state index in [2.05, 4.69) is 27.9 Å². The van der Waals surface area contributed by atoms with E-state index in [1.165, 1.54) is 0 Å². The van der Waals surface area contributed by atoms with E-state index in [1.54, 1.807) is 12.1 Å². The van der Waals surface area contributed by atoms with Crippen LogP contribution in [0.25, 0.3) is 0 Å². The second kappa shape index (κ2) is 5.18. The SMILES string of the molecule is CC1OCCC1Nc1ccc(I)cc1[N+](=O)[O-]. The maximum Gasteiger partial charge on any atom is 0.293 e. The van der Waals surface area contributed by atoms with Gasteiger partial charge in [-0.25, -0.2) is 0 Å². The first-order chi connectivity index (χ1) is 8.08. The maximum atomic E-state index is 11.0. The number of benzene rings is 1. The lowest BCUT2D eigenvalue weighted by atomic mass is 10.1. The maximum absolute atomic E-state index is 11.0. The van der Waals surface area contributed by atoms with E-state index in [0.29, 0.717) is 12.3 Å². The molecule has 1 heterocycles. The van der Waals surface area contributed by atoms with Crippen LogP contribution in [0.5, 0.6) is 0 Å². The molecule has 2 atom stereocenters. The summed E-state index contributed by atoms with van der Waals surface area (Å²) in [6, 6.07) is 5.33. The number of nitro benzene ring substituents is 1. The average Bonchev–Trinajstić information content (AvgIpc) is 2.67. The fraction of sp³-hybridized carbons (Fsp3) is 0.455. The topological polar surface area (TPSA) is 64.4 Å². The second-order valence-corrected chi connectivity index (χ2v) is 5.28. The number of rotatable bonds is 3. The van der Waals surface area contributed by atoms with Gasteiger partial charge >= 0.3 is 0 Å². The van der Waals surface area contributed by atoms with Crippen molar-refractivity contribution in [2.24, 2.45) is 0 Å². The van der Waals surface area contributed by atoms with Gasteiger partial charge < -0.3 is 10.1 Å². The van der Waals surface area contributed by atoms with Gasteiger partial charge in [0.05, 0.1) is 17.1 Å². The predicted molar refractivity (Wildman–Crippen MR) is 73.3 cm³/mol. The molecular weight excluding hydrogens is 335 g/mol. The number of halogens is 1. The fourth-order valence-electron chi connectivity index (χ4n) is 1.90. The number of nitrogens with zero attached hydrogens (tertiary/aromatic N) is 1. The third kappa shape index (κ3) is 2.86. The highest BCUT2D eigenvalue weighted by molar-refractivity contribution is 14.1. The van der Waals surface area contributed by atoms with E-state index >= 15 is 0 Å². The Morgan fingerprint density at radius 1 is 1.59 bits per heavy atom. The molecule has 0 aliphatic carbocycles. The monoisotopic (exact) mass is 348 g/mol. The molecule has 1 aliphatic heterocycles. The van der Waals surface area contributed by atoms with Crippen molar-refractivity contribution in [3.8, 4) is 0 Å². The van der Waals surface area contributed by atoms with Gasteiger partial charge in [-0.1, -0.05) is 0 Å². The van der Waals surface area contributed by atoms with Crippen molar-refractivity contribution in [1.82, 2.24) is 0 Å². The van der Waals surface area contributed by atoms with Crippen molar-refractivity contribution in [3.05, 3.63) is 31.9 Å². The van der Waals surface area contributed by atoms with Crippen molar-refractivity contribution in [2.45, 2.75) is 25.5 Å². The van der Waals surface area contributed by atoms with E-state index in [9.17, 15) is 10.1 Å². The molecule has 1 N–H and O–H groups in total. The zero-order valence-electron chi connectivity index (χ0n) is 9.35. The largest absolute Gasteiger partial charge is 0.376 e. The van der Waals surface area contributed by atoms with Gasteiger partial charge in [-0.2, -0.15) is 0 Å². The quantitative estimate of drug-likeness (QED) is 0.518. The van der Waals surface area contributed by atoms with Crippen LogP contribution in [0.4, 0.5) is 11.4 Å². The average molecular weight is 348 g/mol. The molecule has 1 saturated heterocycles. The lowest BCUT2D eigenvalue weighted by Gasteiger charge is -2.17. The lowest BCUT2D eigenvalue weighted by molar-refractivity contribution is -0.384. The molecule has 1 aliphatic rings. The van der Waals surface area contributed by atoms with Crippen molar-refractivity contribution in [3.63, 3.8) is 0 Å². The molecule has 0 radical (unpaired) electrons. The van der Waals surface area contributed by atoms with Crippen LogP contribution in [0.3, 0.4) is 0 Å². The Kier molecular flexibility index (Phi) is 3.82. The fourth-order valence-corrected chi connectivity index (χ4v) is 2.37. The van der Waals surface area contributed by atoms with E-state index in [1.807, 2.05) is 13.0 Å². The van der Waals surface area contributed by atoms with Crippen LogP contribution in [-0.4, -0.2) is 23.7 Å². The number of ether oxygens (including phenoxy) is 1. The van der Waals surface area contributed by atoms with Crippen LogP contribution in [-0.2, 0) is 4.74 Å². The molecule has 0 amide bonds. The van der Waals surface area contributed by atoms with Crippen molar-refractivity contribution in [2.75, 3.05) is 11.9 Å². The Bertz CT molecular complexity index is 439. The third-order valence-corrected chi connectivity index (χ3v) is 3.54. The van der Waals surface area contributed by atoms with Crippen LogP contribution in [0.2, 0.25) is 0 Å². The Hall–Kier alpha value is -0.890. The molecule has 92 valence electrons. The Balaban J connectivity index is 2.22. The van der Waals surface area contributed by atoms with Gasteiger partial charge in [0.2, 0.25) is 0 Å².